The third kappa shape index (κ3) is 2.01. The second-order valence-corrected chi connectivity index (χ2v) is 6.13. The molecule has 4 nitrogen and oxygen atoms in total. The molecule has 3 rings (SSSR count). The number of hydrogen-bond donors (Lipinski definition) is 1. The molecule has 1 unspecified atom stereocenters. The molecule has 1 spiro atoms. The first-order valence-electron chi connectivity index (χ1n) is 7.76. The second kappa shape index (κ2) is 5.26. The number of benzene rings is 1. The highest BCUT2D eigenvalue weighted by atomic mass is 16.2. The molecular weight excluding hydrogens is 264 g/mol. The molecule has 1 fully saturated rings. The van der Waals surface area contributed by atoms with E-state index in [1.807, 2.05) is 31.2 Å². The number of fused-ring (bicyclic) bond motifs is 2. The van der Waals surface area contributed by atoms with Gasteiger partial charge in [0.2, 0.25) is 5.91 Å². The van der Waals surface area contributed by atoms with Gasteiger partial charge < -0.3 is 5.32 Å². The standard InChI is InChI=1S/C17H22N2O2/c1-12(18-2)19-15(20)13-8-4-5-9-14(13)17(16(19)21)10-6-3-7-11-17/h4-5,8-9,12,18H,3,6-7,10-11H2,1-2H3. The average molecular weight is 286 g/mol. The summed E-state index contributed by atoms with van der Waals surface area (Å²) in [6.45, 7) is 1.86. The molecule has 0 aromatic heterocycles. The van der Waals surface area contributed by atoms with Crippen LogP contribution in [-0.4, -0.2) is 29.9 Å². The summed E-state index contributed by atoms with van der Waals surface area (Å²) in [5, 5.41) is 3.03. The van der Waals surface area contributed by atoms with Gasteiger partial charge >= 0.3 is 0 Å². The van der Waals surface area contributed by atoms with E-state index in [2.05, 4.69) is 5.32 Å². The predicted octanol–water partition coefficient (Wildman–Crippen LogP) is 2.44. The average Bonchev–Trinajstić information content (AvgIpc) is 2.54. The summed E-state index contributed by atoms with van der Waals surface area (Å²) in [7, 11) is 1.78. The van der Waals surface area contributed by atoms with Crippen molar-refractivity contribution < 1.29 is 9.59 Å². The first-order chi connectivity index (χ1) is 10.1. The summed E-state index contributed by atoms with van der Waals surface area (Å²) in [5.74, 6) is -0.193. The monoisotopic (exact) mass is 286 g/mol. The Morgan fingerprint density at radius 2 is 1.81 bits per heavy atom. The van der Waals surface area contributed by atoms with Crippen molar-refractivity contribution in [3.05, 3.63) is 35.4 Å². The van der Waals surface area contributed by atoms with Crippen molar-refractivity contribution in [1.82, 2.24) is 10.2 Å². The maximum absolute atomic E-state index is 13.1. The van der Waals surface area contributed by atoms with E-state index in [1.54, 1.807) is 7.05 Å². The largest absolute Gasteiger partial charge is 0.300 e. The van der Waals surface area contributed by atoms with Crippen molar-refractivity contribution in [1.29, 1.82) is 0 Å². The van der Waals surface area contributed by atoms with Crippen molar-refractivity contribution in [2.75, 3.05) is 7.05 Å². The van der Waals surface area contributed by atoms with E-state index in [0.29, 0.717) is 5.56 Å². The number of carbonyl (C=O) groups is 2. The lowest BCUT2D eigenvalue weighted by Crippen LogP contribution is -2.60. The van der Waals surface area contributed by atoms with Crippen LogP contribution in [0.3, 0.4) is 0 Å². The summed E-state index contributed by atoms with van der Waals surface area (Å²) in [6, 6.07) is 7.64. The van der Waals surface area contributed by atoms with Crippen LogP contribution in [0.2, 0.25) is 0 Å². The Hall–Kier alpha value is -1.68. The molecule has 112 valence electrons. The molecule has 4 heteroatoms. The number of carbonyl (C=O) groups excluding carboxylic acids is 2. The molecule has 1 N–H and O–H groups in total. The number of nitrogens with one attached hydrogen (secondary N) is 1. The number of rotatable bonds is 2. The fourth-order valence-corrected chi connectivity index (χ4v) is 3.77. The van der Waals surface area contributed by atoms with Crippen LogP contribution in [0.15, 0.2) is 24.3 Å². The molecule has 0 saturated heterocycles. The molecule has 1 atom stereocenters. The van der Waals surface area contributed by atoms with Gasteiger partial charge in [-0.15, -0.1) is 0 Å². The minimum atomic E-state index is -0.492. The first-order valence-corrected chi connectivity index (χ1v) is 7.76. The maximum Gasteiger partial charge on any atom is 0.262 e. The van der Waals surface area contributed by atoms with E-state index in [4.69, 9.17) is 0 Å². The van der Waals surface area contributed by atoms with E-state index >= 15 is 0 Å². The van der Waals surface area contributed by atoms with Gasteiger partial charge in [0, 0.05) is 5.56 Å². The number of amides is 2. The van der Waals surface area contributed by atoms with E-state index in [9.17, 15) is 9.59 Å². The Morgan fingerprint density at radius 3 is 2.48 bits per heavy atom. The predicted molar refractivity (Wildman–Crippen MR) is 80.9 cm³/mol. The van der Waals surface area contributed by atoms with Crippen LogP contribution < -0.4 is 5.32 Å². The van der Waals surface area contributed by atoms with Crippen LogP contribution in [0.4, 0.5) is 0 Å². The Labute approximate surface area is 125 Å². The summed E-state index contributed by atoms with van der Waals surface area (Å²) in [5.41, 5.74) is 1.15. The number of imide groups is 1. The molecule has 1 saturated carbocycles. The van der Waals surface area contributed by atoms with Gasteiger partial charge in [0.25, 0.3) is 5.91 Å². The third-order valence-corrected chi connectivity index (χ3v) is 5.03. The molecule has 1 aliphatic heterocycles. The SMILES string of the molecule is CNC(C)N1C(=O)c2ccccc2C2(CCCCC2)C1=O. The van der Waals surface area contributed by atoms with Gasteiger partial charge in [-0.1, -0.05) is 37.5 Å². The fraction of sp³-hybridized carbons (Fsp3) is 0.529. The Kier molecular flexibility index (Phi) is 3.57. The van der Waals surface area contributed by atoms with Gasteiger partial charge in [-0.3, -0.25) is 14.5 Å². The fourth-order valence-electron chi connectivity index (χ4n) is 3.77. The minimum Gasteiger partial charge on any atom is -0.300 e. The molecule has 1 aromatic rings. The van der Waals surface area contributed by atoms with Crippen LogP contribution >= 0.6 is 0 Å². The molecule has 0 bridgehead atoms. The van der Waals surface area contributed by atoms with Crippen molar-refractivity contribution >= 4 is 11.8 Å². The number of nitrogens with zero attached hydrogens (tertiary/aromatic N) is 1. The van der Waals surface area contributed by atoms with Crippen molar-refractivity contribution in [3.63, 3.8) is 0 Å². The first kappa shape index (κ1) is 14.3. The zero-order chi connectivity index (χ0) is 15.0. The highest BCUT2D eigenvalue weighted by molar-refractivity contribution is 6.13. The van der Waals surface area contributed by atoms with Crippen molar-refractivity contribution in [2.24, 2.45) is 0 Å². The quantitative estimate of drug-likeness (QED) is 0.850. The summed E-state index contributed by atoms with van der Waals surface area (Å²) in [6.07, 6.45) is 4.70. The normalized spacial score (nSPS) is 22.3. The lowest BCUT2D eigenvalue weighted by Gasteiger charge is -2.45. The van der Waals surface area contributed by atoms with E-state index < -0.39 is 5.41 Å². The third-order valence-electron chi connectivity index (χ3n) is 5.03. The van der Waals surface area contributed by atoms with Gasteiger partial charge in [-0.05, 0) is 38.4 Å². The second-order valence-electron chi connectivity index (χ2n) is 6.13. The van der Waals surface area contributed by atoms with Crippen LogP contribution in [0.5, 0.6) is 0 Å². The summed E-state index contributed by atoms with van der Waals surface area (Å²) >= 11 is 0. The van der Waals surface area contributed by atoms with Crippen LogP contribution in [0.1, 0.15) is 54.9 Å². The summed E-state index contributed by atoms with van der Waals surface area (Å²) < 4.78 is 0. The van der Waals surface area contributed by atoms with Gasteiger partial charge in [0.05, 0.1) is 11.6 Å². The molecule has 2 aliphatic rings. The van der Waals surface area contributed by atoms with E-state index in [-0.39, 0.29) is 18.0 Å². The summed E-state index contributed by atoms with van der Waals surface area (Å²) in [4.78, 5) is 27.3. The Balaban J connectivity index is 2.17. The minimum absolute atomic E-state index is 0.0206. The van der Waals surface area contributed by atoms with Crippen LogP contribution in [0.25, 0.3) is 0 Å². The zero-order valence-corrected chi connectivity index (χ0v) is 12.7. The maximum atomic E-state index is 13.1. The molecule has 0 radical (unpaired) electrons. The van der Waals surface area contributed by atoms with Crippen LogP contribution in [0, 0.1) is 0 Å². The molecule has 21 heavy (non-hydrogen) atoms. The van der Waals surface area contributed by atoms with Gasteiger partial charge in [-0.2, -0.15) is 0 Å². The van der Waals surface area contributed by atoms with Crippen molar-refractivity contribution in [3.8, 4) is 0 Å². The Morgan fingerprint density at radius 1 is 1.14 bits per heavy atom. The topological polar surface area (TPSA) is 49.4 Å². The number of hydrogen-bond acceptors (Lipinski definition) is 3. The van der Waals surface area contributed by atoms with E-state index in [0.717, 1.165) is 31.2 Å². The Bertz CT molecular complexity index is 576. The van der Waals surface area contributed by atoms with Gasteiger partial charge in [-0.25, -0.2) is 0 Å². The smallest absolute Gasteiger partial charge is 0.262 e. The highest BCUT2D eigenvalue weighted by Gasteiger charge is 2.51. The molecule has 1 aliphatic carbocycles. The van der Waals surface area contributed by atoms with Crippen LogP contribution in [-0.2, 0) is 10.2 Å². The zero-order valence-electron chi connectivity index (χ0n) is 12.7. The molecule has 1 aromatic carbocycles. The molecule has 1 heterocycles. The van der Waals surface area contributed by atoms with Gasteiger partial charge in [0.1, 0.15) is 0 Å². The van der Waals surface area contributed by atoms with Gasteiger partial charge in [0.15, 0.2) is 0 Å². The highest BCUT2D eigenvalue weighted by Crippen LogP contribution is 2.45. The van der Waals surface area contributed by atoms with Crippen molar-refractivity contribution in [2.45, 2.75) is 50.6 Å². The molecule has 2 amide bonds. The van der Waals surface area contributed by atoms with E-state index in [1.165, 1.54) is 11.3 Å². The molecular formula is C17H22N2O2. The lowest BCUT2D eigenvalue weighted by molar-refractivity contribution is -0.139. The lowest BCUT2D eigenvalue weighted by atomic mass is 9.65.